The van der Waals surface area contributed by atoms with Gasteiger partial charge >= 0.3 is 0 Å². The lowest BCUT2D eigenvalue weighted by atomic mass is 10.2. The van der Waals surface area contributed by atoms with Crippen molar-refractivity contribution < 1.29 is 13.2 Å². The van der Waals surface area contributed by atoms with E-state index in [1.165, 1.54) is 6.07 Å². The maximum atomic E-state index is 13.4. The molecule has 84 valence electrons. The number of aromatic nitrogens is 2. The fourth-order valence-electron chi connectivity index (χ4n) is 1.23. The second kappa shape index (κ2) is 4.18. The molecule has 0 aliphatic carbocycles. The Labute approximate surface area is 102 Å². The van der Waals surface area contributed by atoms with Gasteiger partial charge < -0.3 is 0 Å². The molecule has 0 unspecified atom stereocenters. The first-order valence-corrected chi connectivity index (χ1v) is 5.26. The minimum Gasteiger partial charge on any atom is -0.224 e. The van der Waals surface area contributed by atoms with Crippen LogP contribution in [-0.2, 0) is 0 Å². The van der Waals surface area contributed by atoms with Gasteiger partial charge in [0.25, 0.3) is 6.43 Å². The molecule has 1 aromatic carbocycles. The van der Waals surface area contributed by atoms with Crippen molar-refractivity contribution in [2.45, 2.75) is 6.43 Å². The van der Waals surface area contributed by atoms with Crippen LogP contribution in [0.4, 0.5) is 13.2 Å². The van der Waals surface area contributed by atoms with Crippen LogP contribution in [0.1, 0.15) is 12.2 Å². The van der Waals surface area contributed by atoms with Gasteiger partial charge in [-0.25, -0.2) is 23.1 Å². The summed E-state index contributed by atoms with van der Waals surface area (Å²) in [5, 5.41) is -0.00144. The van der Waals surface area contributed by atoms with Gasteiger partial charge in [-0.1, -0.05) is 27.5 Å². The molecule has 0 atom stereocenters. The summed E-state index contributed by atoms with van der Waals surface area (Å²) in [6, 6.07) is 2.59. The minimum atomic E-state index is -2.88. The van der Waals surface area contributed by atoms with Gasteiger partial charge in [-0.2, -0.15) is 0 Å². The average Bonchev–Trinajstić information content (AvgIpc) is 2.19. The molecule has 0 saturated carbocycles. The third kappa shape index (κ3) is 1.99. The van der Waals surface area contributed by atoms with Crippen molar-refractivity contribution in [3.63, 3.8) is 0 Å². The van der Waals surface area contributed by atoms with Crippen LogP contribution < -0.4 is 0 Å². The van der Waals surface area contributed by atoms with Crippen LogP contribution >= 0.6 is 27.5 Å². The Morgan fingerprint density at radius 1 is 1.25 bits per heavy atom. The summed E-state index contributed by atoms with van der Waals surface area (Å²) in [6.45, 7) is 0. The summed E-state index contributed by atoms with van der Waals surface area (Å²) in [6.07, 6.45) is -2.88. The summed E-state index contributed by atoms with van der Waals surface area (Å²) in [7, 11) is 0. The number of halogens is 5. The highest BCUT2D eigenvalue weighted by Crippen LogP contribution is 2.28. The molecule has 2 nitrogen and oxygen atoms in total. The molecule has 0 spiro atoms. The van der Waals surface area contributed by atoms with Gasteiger partial charge in [0.1, 0.15) is 10.7 Å². The van der Waals surface area contributed by atoms with Crippen LogP contribution in [0.3, 0.4) is 0 Å². The zero-order chi connectivity index (χ0) is 11.9. The fraction of sp³-hybridized carbons (Fsp3) is 0.111. The monoisotopic (exact) mass is 310 g/mol. The second-order valence-electron chi connectivity index (χ2n) is 2.96. The molecule has 0 N–H and O–H groups in total. The van der Waals surface area contributed by atoms with E-state index in [9.17, 15) is 13.2 Å². The molecule has 1 aromatic heterocycles. The molecule has 0 radical (unpaired) electrons. The zero-order valence-electron chi connectivity index (χ0n) is 7.52. The van der Waals surface area contributed by atoms with E-state index in [0.29, 0.717) is 4.47 Å². The van der Waals surface area contributed by atoms with Crippen LogP contribution in [-0.4, -0.2) is 9.97 Å². The Kier molecular flexibility index (Phi) is 3.03. The molecule has 2 aromatic rings. The quantitative estimate of drug-likeness (QED) is 0.740. The van der Waals surface area contributed by atoms with Gasteiger partial charge in [0.2, 0.25) is 0 Å². The van der Waals surface area contributed by atoms with Crippen LogP contribution in [0.5, 0.6) is 0 Å². The van der Waals surface area contributed by atoms with E-state index in [1.54, 1.807) is 0 Å². The van der Waals surface area contributed by atoms with Crippen molar-refractivity contribution in [1.29, 1.82) is 0 Å². The standard InChI is InChI=1S/C9H3BrClF3N2/c10-3-1-4-6(5(12)2-3)15-9(8(13)14)16-7(4)11/h1-2,8H. The Morgan fingerprint density at radius 3 is 2.56 bits per heavy atom. The SMILES string of the molecule is Fc1cc(Br)cc2c(Cl)nc(C(F)F)nc12. The number of hydrogen-bond acceptors (Lipinski definition) is 2. The Bertz CT molecular complexity index is 562. The van der Waals surface area contributed by atoms with Gasteiger partial charge in [-0.15, -0.1) is 0 Å². The van der Waals surface area contributed by atoms with E-state index in [2.05, 4.69) is 25.9 Å². The van der Waals surface area contributed by atoms with E-state index in [-0.39, 0.29) is 16.1 Å². The van der Waals surface area contributed by atoms with Crippen molar-refractivity contribution in [2.24, 2.45) is 0 Å². The molecule has 0 bridgehead atoms. The van der Waals surface area contributed by atoms with Crippen LogP contribution in [0.2, 0.25) is 5.15 Å². The molecule has 7 heteroatoms. The molecular formula is C9H3BrClF3N2. The fourth-order valence-corrected chi connectivity index (χ4v) is 1.90. The first-order chi connectivity index (χ1) is 7.49. The molecule has 0 aliphatic rings. The number of alkyl halides is 2. The molecular weight excluding hydrogens is 308 g/mol. The summed E-state index contributed by atoms with van der Waals surface area (Å²) in [4.78, 5) is 6.83. The van der Waals surface area contributed by atoms with Crippen molar-refractivity contribution >= 4 is 38.4 Å². The molecule has 0 saturated heterocycles. The Hall–Kier alpha value is -0.880. The molecule has 1 heterocycles. The summed E-state index contributed by atoms with van der Waals surface area (Å²) < 4.78 is 38.6. The molecule has 0 amide bonds. The van der Waals surface area contributed by atoms with E-state index >= 15 is 0 Å². The van der Waals surface area contributed by atoms with E-state index in [4.69, 9.17) is 11.6 Å². The second-order valence-corrected chi connectivity index (χ2v) is 4.23. The molecule has 2 rings (SSSR count). The maximum absolute atomic E-state index is 13.4. The summed E-state index contributed by atoms with van der Waals surface area (Å²) >= 11 is 8.74. The van der Waals surface area contributed by atoms with Crippen LogP contribution in [0.15, 0.2) is 16.6 Å². The number of hydrogen-bond donors (Lipinski definition) is 0. The van der Waals surface area contributed by atoms with Gasteiger partial charge in [0.05, 0.1) is 0 Å². The molecule has 16 heavy (non-hydrogen) atoms. The highest BCUT2D eigenvalue weighted by molar-refractivity contribution is 9.10. The highest BCUT2D eigenvalue weighted by Gasteiger charge is 2.16. The van der Waals surface area contributed by atoms with E-state index < -0.39 is 18.1 Å². The van der Waals surface area contributed by atoms with Gasteiger partial charge in [0, 0.05) is 9.86 Å². The summed E-state index contributed by atoms with van der Waals surface area (Å²) in [5.41, 5.74) is -0.210. The average molecular weight is 311 g/mol. The van der Waals surface area contributed by atoms with Gasteiger partial charge in [0.15, 0.2) is 11.6 Å². The lowest BCUT2D eigenvalue weighted by molar-refractivity contribution is 0.140. The highest BCUT2D eigenvalue weighted by atomic mass is 79.9. The van der Waals surface area contributed by atoms with Crippen molar-refractivity contribution in [3.8, 4) is 0 Å². The predicted octanol–water partition coefficient (Wildman–Crippen LogP) is 4.12. The lowest BCUT2D eigenvalue weighted by Crippen LogP contribution is -1.98. The van der Waals surface area contributed by atoms with Crippen LogP contribution in [0.25, 0.3) is 10.9 Å². The smallest absolute Gasteiger partial charge is 0.224 e. The van der Waals surface area contributed by atoms with Crippen molar-refractivity contribution in [2.75, 3.05) is 0 Å². The largest absolute Gasteiger partial charge is 0.297 e. The zero-order valence-corrected chi connectivity index (χ0v) is 9.86. The third-order valence-corrected chi connectivity index (χ3v) is 2.63. The summed E-state index contributed by atoms with van der Waals surface area (Å²) in [5.74, 6) is -1.51. The van der Waals surface area contributed by atoms with E-state index in [1.807, 2.05) is 0 Å². The topological polar surface area (TPSA) is 25.8 Å². The first-order valence-electron chi connectivity index (χ1n) is 4.09. The normalized spacial score (nSPS) is 11.4. The number of nitrogens with zero attached hydrogens (tertiary/aromatic N) is 2. The molecule has 0 fully saturated rings. The van der Waals surface area contributed by atoms with Crippen LogP contribution in [0, 0.1) is 5.82 Å². The van der Waals surface area contributed by atoms with Crippen molar-refractivity contribution in [1.82, 2.24) is 9.97 Å². The number of rotatable bonds is 1. The lowest BCUT2D eigenvalue weighted by Gasteiger charge is -2.04. The van der Waals surface area contributed by atoms with Gasteiger partial charge in [-0.3, -0.25) is 0 Å². The Morgan fingerprint density at radius 2 is 1.94 bits per heavy atom. The third-order valence-electron chi connectivity index (χ3n) is 1.88. The number of benzene rings is 1. The predicted molar refractivity (Wildman–Crippen MR) is 57.2 cm³/mol. The first kappa shape index (κ1) is 11.6. The Balaban J connectivity index is 2.82. The maximum Gasteiger partial charge on any atom is 0.297 e. The molecule has 0 aliphatic heterocycles. The number of fused-ring (bicyclic) bond motifs is 1. The van der Waals surface area contributed by atoms with E-state index in [0.717, 1.165) is 6.07 Å². The minimum absolute atomic E-state index is 0.193. The van der Waals surface area contributed by atoms with Crippen molar-refractivity contribution in [3.05, 3.63) is 33.4 Å². The van der Waals surface area contributed by atoms with Gasteiger partial charge in [-0.05, 0) is 12.1 Å².